The Balaban J connectivity index is 2.14. The van der Waals surface area contributed by atoms with E-state index in [4.69, 9.17) is 10.00 Å². The molecule has 3 rings (SSSR count). The SMILES string of the molecule is C[S+](C)CCOCn1c2c[n+]([O-])c(C#N)cc2c2ccc[n+](O)c21. The number of pyridine rings is 2. The first-order valence-corrected chi connectivity index (χ1v) is 9.55. The van der Waals surface area contributed by atoms with E-state index < -0.39 is 0 Å². The summed E-state index contributed by atoms with van der Waals surface area (Å²) in [5.41, 5.74) is 1.14. The molecule has 0 aliphatic heterocycles. The van der Waals surface area contributed by atoms with Crippen LogP contribution in [0.5, 0.6) is 0 Å². The molecule has 0 radical (unpaired) electrons. The van der Waals surface area contributed by atoms with Gasteiger partial charge in [0.1, 0.15) is 11.9 Å². The van der Waals surface area contributed by atoms with E-state index in [-0.39, 0.29) is 12.4 Å². The molecule has 0 saturated carbocycles. The number of nitrogens with zero attached hydrogens (tertiary/aromatic N) is 4. The van der Waals surface area contributed by atoms with E-state index in [1.54, 1.807) is 10.6 Å². The second-order valence-electron chi connectivity index (χ2n) is 5.64. The minimum absolute atomic E-state index is 0.0109. The highest BCUT2D eigenvalue weighted by Gasteiger charge is 2.25. The fraction of sp³-hybridized carbons (Fsp3) is 0.312. The average Bonchev–Trinajstić information content (AvgIpc) is 2.85. The van der Waals surface area contributed by atoms with E-state index in [0.717, 1.165) is 21.3 Å². The Bertz CT molecular complexity index is 946. The molecule has 8 heteroatoms. The van der Waals surface area contributed by atoms with Gasteiger partial charge in [0.05, 0.1) is 29.9 Å². The summed E-state index contributed by atoms with van der Waals surface area (Å²) in [6.45, 7) is 0.816. The van der Waals surface area contributed by atoms with Crippen LogP contribution in [0.2, 0.25) is 0 Å². The fourth-order valence-corrected chi connectivity index (χ4v) is 3.08. The van der Waals surface area contributed by atoms with Gasteiger partial charge in [0.25, 0.3) is 5.69 Å². The molecule has 0 amide bonds. The van der Waals surface area contributed by atoms with Crippen LogP contribution in [-0.2, 0) is 22.4 Å². The second kappa shape index (κ2) is 6.55. The van der Waals surface area contributed by atoms with E-state index in [9.17, 15) is 10.4 Å². The molecule has 124 valence electrons. The van der Waals surface area contributed by atoms with Crippen LogP contribution in [0.15, 0.2) is 30.6 Å². The Labute approximate surface area is 141 Å². The molecule has 1 N–H and O–H groups in total. The molecule has 3 aromatic rings. The summed E-state index contributed by atoms with van der Waals surface area (Å²) in [6.07, 6.45) is 7.16. The highest BCUT2D eigenvalue weighted by Crippen LogP contribution is 2.26. The van der Waals surface area contributed by atoms with Gasteiger partial charge in [-0.15, -0.1) is 0 Å². The van der Waals surface area contributed by atoms with Gasteiger partial charge in [-0.05, 0) is 23.0 Å². The van der Waals surface area contributed by atoms with E-state index >= 15 is 0 Å². The number of hydrogen-bond donors (Lipinski definition) is 1. The topological polar surface area (TPSA) is 89.0 Å². The number of rotatable bonds is 5. The zero-order valence-electron chi connectivity index (χ0n) is 13.5. The molecule has 24 heavy (non-hydrogen) atoms. The number of nitriles is 1. The Morgan fingerprint density at radius 1 is 1.42 bits per heavy atom. The van der Waals surface area contributed by atoms with Gasteiger partial charge in [-0.3, -0.25) is 0 Å². The molecule has 0 unspecified atom stereocenters. The van der Waals surface area contributed by atoms with Crippen molar-refractivity contribution in [2.75, 3.05) is 24.9 Å². The van der Waals surface area contributed by atoms with Crippen LogP contribution in [0.4, 0.5) is 0 Å². The maximum atomic E-state index is 12.0. The summed E-state index contributed by atoms with van der Waals surface area (Å²) in [5.74, 6) is 0.955. The molecule has 0 fully saturated rings. The lowest BCUT2D eigenvalue weighted by molar-refractivity contribution is -0.886. The third kappa shape index (κ3) is 2.84. The summed E-state index contributed by atoms with van der Waals surface area (Å²) < 4.78 is 9.01. The number of hydrogen-bond acceptors (Lipinski definition) is 4. The summed E-state index contributed by atoms with van der Waals surface area (Å²) in [7, 11) is 0.290. The van der Waals surface area contributed by atoms with Gasteiger partial charge in [0, 0.05) is 6.07 Å². The van der Waals surface area contributed by atoms with E-state index in [0.29, 0.717) is 33.4 Å². The van der Waals surface area contributed by atoms with Gasteiger partial charge in [0.15, 0.2) is 12.8 Å². The van der Waals surface area contributed by atoms with Crippen LogP contribution in [0, 0.1) is 16.5 Å². The highest BCUT2D eigenvalue weighted by atomic mass is 32.2. The van der Waals surface area contributed by atoms with Crippen molar-refractivity contribution in [2.24, 2.45) is 0 Å². The molecule has 0 aliphatic rings. The zero-order chi connectivity index (χ0) is 17.3. The summed E-state index contributed by atoms with van der Waals surface area (Å²) in [4.78, 5) is 0. The maximum absolute atomic E-state index is 12.0. The maximum Gasteiger partial charge on any atom is 0.331 e. The monoisotopic (exact) mass is 346 g/mol. The standard InChI is InChI=1S/C16H18N4O3S/c1-24(2)7-6-23-11-18-15-10-20(22)12(9-17)8-14(15)13-4-3-5-19(21)16(13)18/h3-5,8,10,21H,6-7,11H2,1-2H3/q+2. The van der Waals surface area contributed by atoms with Crippen LogP contribution in [0.1, 0.15) is 5.69 Å². The smallest absolute Gasteiger partial charge is 0.331 e. The minimum atomic E-state index is 0.0109. The molecule has 0 aliphatic carbocycles. The van der Waals surface area contributed by atoms with Gasteiger partial charge in [-0.25, -0.2) is 0 Å². The van der Waals surface area contributed by atoms with Gasteiger partial charge in [-0.1, -0.05) is 4.73 Å². The molecule has 0 atom stereocenters. The molecule has 0 aromatic carbocycles. The lowest BCUT2D eigenvalue weighted by atomic mass is 10.2. The van der Waals surface area contributed by atoms with E-state index in [1.165, 1.54) is 18.5 Å². The predicted molar refractivity (Wildman–Crippen MR) is 90.5 cm³/mol. The van der Waals surface area contributed by atoms with Crippen molar-refractivity contribution in [1.29, 1.82) is 5.26 Å². The summed E-state index contributed by atoms with van der Waals surface area (Å²) in [6, 6.07) is 6.97. The van der Waals surface area contributed by atoms with Gasteiger partial charge >= 0.3 is 5.65 Å². The Morgan fingerprint density at radius 3 is 2.92 bits per heavy atom. The number of fused-ring (bicyclic) bond motifs is 3. The van der Waals surface area contributed by atoms with Crippen LogP contribution in [-0.4, -0.2) is 34.6 Å². The lowest BCUT2D eigenvalue weighted by Gasteiger charge is -2.03. The number of aromatic nitrogens is 3. The van der Waals surface area contributed by atoms with Crippen LogP contribution >= 0.6 is 0 Å². The fourth-order valence-electron chi connectivity index (χ4n) is 2.63. The Morgan fingerprint density at radius 2 is 2.21 bits per heavy atom. The molecule has 3 aromatic heterocycles. The third-order valence-corrected chi connectivity index (χ3v) is 4.77. The van der Waals surface area contributed by atoms with E-state index in [2.05, 4.69) is 12.5 Å². The zero-order valence-corrected chi connectivity index (χ0v) is 14.3. The molecule has 0 bridgehead atoms. The first-order chi connectivity index (χ1) is 11.5. The van der Waals surface area contributed by atoms with Crippen molar-refractivity contribution in [3.05, 3.63) is 41.5 Å². The molecule has 0 spiro atoms. The van der Waals surface area contributed by atoms with Gasteiger partial charge in [0.2, 0.25) is 11.7 Å². The quantitative estimate of drug-likeness (QED) is 0.242. The Kier molecular flexibility index (Phi) is 4.46. The Hall–Kier alpha value is -2.50. The van der Waals surface area contributed by atoms with Crippen LogP contribution in [0.3, 0.4) is 0 Å². The second-order valence-corrected chi connectivity index (χ2v) is 8.02. The lowest BCUT2D eigenvalue weighted by Crippen LogP contribution is -2.33. The van der Waals surface area contributed by atoms with Crippen molar-refractivity contribution in [1.82, 2.24) is 4.57 Å². The summed E-state index contributed by atoms with van der Waals surface area (Å²) in [5, 5.41) is 32.7. The first kappa shape index (κ1) is 16.4. The average molecular weight is 346 g/mol. The predicted octanol–water partition coefficient (Wildman–Crippen LogP) is 0.676. The van der Waals surface area contributed by atoms with Crippen molar-refractivity contribution < 1.29 is 19.4 Å². The van der Waals surface area contributed by atoms with Gasteiger partial charge in [-0.2, -0.15) is 14.6 Å². The van der Waals surface area contributed by atoms with Crippen molar-refractivity contribution in [3.63, 3.8) is 0 Å². The first-order valence-electron chi connectivity index (χ1n) is 7.34. The van der Waals surface area contributed by atoms with Crippen LogP contribution in [0.25, 0.3) is 21.9 Å². The third-order valence-electron chi connectivity index (χ3n) is 3.79. The van der Waals surface area contributed by atoms with Crippen molar-refractivity contribution in [3.8, 4) is 6.07 Å². The van der Waals surface area contributed by atoms with Gasteiger partial charge < -0.3 is 15.2 Å². The molecule has 7 nitrogen and oxygen atoms in total. The van der Waals surface area contributed by atoms with E-state index in [1.807, 2.05) is 12.1 Å². The highest BCUT2D eigenvalue weighted by molar-refractivity contribution is 7.95. The molecular formula is C16H18N4O3S+2. The molecular weight excluding hydrogens is 328 g/mol. The van der Waals surface area contributed by atoms with Crippen LogP contribution < -0.4 is 9.46 Å². The minimum Gasteiger partial charge on any atom is -0.618 e. The largest absolute Gasteiger partial charge is 0.618 e. The van der Waals surface area contributed by atoms with Crippen molar-refractivity contribution >= 4 is 32.8 Å². The summed E-state index contributed by atoms with van der Waals surface area (Å²) >= 11 is 0. The molecule has 0 saturated heterocycles. The number of ether oxygens (including phenoxy) is 1. The van der Waals surface area contributed by atoms with Crippen molar-refractivity contribution in [2.45, 2.75) is 6.73 Å². The molecule has 3 heterocycles. The normalized spacial score (nSPS) is 11.4.